The number of hydrogen-bond donors (Lipinski definition) is 1. The molecule has 10 nitrogen and oxygen atoms in total. The van der Waals surface area contributed by atoms with Gasteiger partial charge in [0, 0.05) is 26.1 Å². The Morgan fingerprint density at radius 3 is 1.77 bits per heavy atom. The zero-order valence-electron chi connectivity index (χ0n) is 31.2. The van der Waals surface area contributed by atoms with E-state index in [9.17, 15) is 50.3 Å². The first kappa shape index (κ1) is 43.5. The Balaban J connectivity index is 1.60. The normalized spacial score (nSPS) is 11.7. The topological polar surface area (TPSA) is 128 Å². The summed E-state index contributed by atoms with van der Waals surface area (Å²) in [7, 11) is 2.83. The van der Waals surface area contributed by atoms with Gasteiger partial charge in [0.05, 0.1) is 48.6 Å². The predicted octanol–water partition coefficient (Wildman–Crippen LogP) is 7.89. The molecule has 0 aliphatic carbocycles. The SMILES string of the molecule is CCOC(=O)C(CCOC(=O)Cc1ccc(NC(=O)c2ccc(C(F)(F)F)cc2-c2ccc(C(F)(F)F)cc2)c(C(=O)N(C)C)c1)(C(=O)OCC)c1ccccc1. The fraction of sp³-hybridized carbons (Fsp3) is 0.293. The molecule has 0 radical (unpaired) electrons. The van der Waals surface area contributed by atoms with Crippen LogP contribution in [0.25, 0.3) is 11.1 Å². The maximum atomic E-state index is 13.7. The molecule has 4 rings (SSSR count). The van der Waals surface area contributed by atoms with Crippen molar-refractivity contribution in [3.8, 4) is 11.1 Å². The quantitative estimate of drug-likeness (QED) is 0.0591. The number of nitrogens with zero attached hydrogens (tertiary/aromatic N) is 1. The van der Waals surface area contributed by atoms with Crippen LogP contribution in [0.3, 0.4) is 0 Å². The van der Waals surface area contributed by atoms with Crippen LogP contribution < -0.4 is 5.32 Å². The van der Waals surface area contributed by atoms with E-state index in [1.54, 1.807) is 44.2 Å². The van der Waals surface area contributed by atoms with E-state index < -0.39 is 71.6 Å². The zero-order valence-corrected chi connectivity index (χ0v) is 31.2. The predicted molar refractivity (Wildman–Crippen MR) is 195 cm³/mol. The summed E-state index contributed by atoms with van der Waals surface area (Å²) in [4.78, 5) is 67.7. The van der Waals surface area contributed by atoms with Gasteiger partial charge in [-0.25, -0.2) is 0 Å². The van der Waals surface area contributed by atoms with Crippen molar-refractivity contribution >= 4 is 35.4 Å². The first-order valence-electron chi connectivity index (χ1n) is 17.4. The van der Waals surface area contributed by atoms with Gasteiger partial charge in [0.15, 0.2) is 5.41 Å². The van der Waals surface area contributed by atoms with Crippen LogP contribution in [0.1, 0.15) is 63.2 Å². The molecule has 1 N–H and O–H groups in total. The van der Waals surface area contributed by atoms with Gasteiger partial charge < -0.3 is 24.4 Å². The molecule has 0 atom stereocenters. The molecule has 2 amide bonds. The molecule has 0 aliphatic heterocycles. The summed E-state index contributed by atoms with van der Waals surface area (Å²) in [6.45, 7) is 2.64. The number of carbonyl (C=O) groups excluding carboxylic acids is 5. The molecular weight excluding hydrogens is 762 g/mol. The summed E-state index contributed by atoms with van der Waals surface area (Å²) < 4.78 is 96.6. The van der Waals surface area contributed by atoms with Crippen molar-refractivity contribution in [3.63, 3.8) is 0 Å². The molecule has 0 bridgehead atoms. The maximum Gasteiger partial charge on any atom is 0.416 e. The highest BCUT2D eigenvalue weighted by atomic mass is 19.4. The number of benzene rings is 4. The van der Waals surface area contributed by atoms with Gasteiger partial charge in [0.1, 0.15) is 0 Å². The third kappa shape index (κ3) is 10.4. The van der Waals surface area contributed by atoms with E-state index in [1.807, 2.05) is 0 Å². The molecule has 0 heterocycles. The number of amides is 2. The first-order chi connectivity index (χ1) is 26.8. The molecule has 0 fully saturated rings. The lowest BCUT2D eigenvalue weighted by Gasteiger charge is -2.29. The summed E-state index contributed by atoms with van der Waals surface area (Å²) in [6, 6.07) is 17.4. The molecule has 0 spiro atoms. The average molecular weight is 801 g/mol. The van der Waals surface area contributed by atoms with E-state index in [0.29, 0.717) is 24.3 Å². The number of esters is 3. The first-order valence-corrected chi connectivity index (χ1v) is 17.4. The molecule has 302 valence electrons. The van der Waals surface area contributed by atoms with Crippen LogP contribution in [0.2, 0.25) is 0 Å². The van der Waals surface area contributed by atoms with E-state index >= 15 is 0 Å². The second kappa shape index (κ2) is 18.2. The Kier molecular flexibility index (Phi) is 13.9. The summed E-state index contributed by atoms with van der Waals surface area (Å²) in [5, 5.41) is 2.50. The van der Waals surface area contributed by atoms with Gasteiger partial charge in [-0.1, -0.05) is 48.5 Å². The molecule has 0 saturated carbocycles. The van der Waals surface area contributed by atoms with Crippen LogP contribution in [-0.4, -0.2) is 68.5 Å². The fourth-order valence-corrected chi connectivity index (χ4v) is 5.85. The third-order valence-corrected chi connectivity index (χ3v) is 8.69. The highest BCUT2D eigenvalue weighted by molar-refractivity contribution is 6.12. The summed E-state index contributed by atoms with van der Waals surface area (Å²) in [5.74, 6) is -4.21. The lowest BCUT2D eigenvalue weighted by atomic mass is 9.77. The lowest BCUT2D eigenvalue weighted by Crippen LogP contribution is -2.47. The molecule has 0 aliphatic rings. The van der Waals surface area contributed by atoms with Gasteiger partial charge in [-0.3, -0.25) is 24.0 Å². The van der Waals surface area contributed by atoms with Crippen molar-refractivity contribution in [2.45, 2.75) is 44.5 Å². The van der Waals surface area contributed by atoms with Crippen LogP contribution in [0.5, 0.6) is 0 Å². The van der Waals surface area contributed by atoms with Crippen molar-refractivity contribution in [1.29, 1.82) is 0 Å². The molecule has 4 aromatic rings. The smallest absolute Gasteiger partial charge is 0.416 e. The number of nitrogens with one attached hydrogen (secondary N) is 1. The molecule has 4 aromatic carbocycles. The Morgan fingerprint density at radius 2 is 1.23 bits per heavy atom. The maximum absolute atomic E-state index is 13.7. The van der Waals surface area contributed by atoms with E-state index in [-0.39, 0.29) is 58.7 Å². The van der Waals surface area contributed by atoms with E-state index in [4.69, 9.17) is 14.2 Å². The van der Waals surface area contributed by atoms with Gasteiger partial charge in [-0.2, -0.15) is 26.3 Å². The van der Waals surface area contributed by atoms with Crippen molar-refractivity contribution in [3.05, 3.63) is 124 Å². The second-order valence-corrected chi connectivity index (χ2v) is 12.7. The van der Waals surface area contributed by atoms with E-state index in [2.05, 4.69) is 5.32 Å². The molecule has 0 aromatic heterocycles. The zero-order chi connectivity index (χ0) is 42.1. The molecule has 0 unspecified atom stereocenters. The minimum Gasteiger partial charge on any atom is -0.465 e. The Bertz CT molecular complexity index is 2080. The largest absolute Gasteiger partial charge is 0.465 e. The number of ether oxygens (including phenoxy) is 3. The van der Waals surface area contributed by atoms with E-state index in [0.717, 1.165) is 18.2 Å². The van der Waals surface area contributed by atoms with Gasteiger partial charge in [0.25, 0.3) is 11.8 Å². The monoisotopic (exact) mass is 800 g/mol. The summed E-state index contributed by atoms with van der Waals surface area (Å²) in [5.41, 5.74) is -4.61. The minimum absolute atomic E-state index is 0.0400. The van der Waals surface area contributed by atoms with Gasteiger partial charge in [-0.15, -0.1) is 0 Å². The number of anilines is 1. The lowest BCUT2D eigenvalue weighted by molar-refractivity contribution is -0.167. The average Bonchev–Trinajstić information content (AvgIpc) is 3.16. The van der Waals surface area contributed by atoms with Crippen LogP contribution >= 0.6 is 0 Å². The third-order valence-electron chi connectivity index (χ3n) is 8.69. The second-order valence-electron chi connectivity index (χ2n) is 12.7. The molecular formula is C41H38F6N2O8. The fourth-order valence-electron chi connectivity index (χ4n) is 5.85. The van der Waals surface area contributed by atoms with Crippen molar-refractivity contribution in [2.24, 2.45) is 0 Å². The van der Waals surface area contributed by atoms with Gasteiger partial charge in [-0.05, 0) is 78.6 Å². The number of carbonyl (C=O) groups is 5. The molecule has 0 saturated heterocycles. The Morgan fingerprint density at radius 1 is 0.649 bits per heavy atom. The van der Waals surface area contributed by atoms with Crippen molar-refractivity contribution < 1.29 is 64.5 Å². The summed E-state index contributed by atoms with van der Waals surface area (Å²) in [6.07, 6.45) is -10.3. The van der Waals surface area contributed by atoms with Crippen LogP contribution in [0, 0.1) is 0 Å². The van der Waals surface area contributed by atoms with Gasteiger partial charge >= 0.3 is 30.3 Å². The van der Waals surface area contributed by atoms with Gasteiger partial charge in [0.2, 0.25) is 0 Å². The number of halogens is 6. The number of alkyl halides is 6. The Hall–Kier alpha value is -6.19. The Labute approximate surface area is 323 Å². The molecule has 57 heavy (non-hydrogen) atoms. The van der Waals surface area contributed by atoms with E-state index in [1.165, 1.54) is 37.2 Å². The van der Waals surface area contributed by atoms with Crippen LogP contribution in [0.4, 0.5) is 32.0 Å². The van der Waals surface area contributed by atoms with Crippen molar-refractivity contribution in [2.75, 3.05) is 39.2 Å². The highest BCUT2D eigenvalue weighted by Gasteiger charge is 2.50. The summed E-state index contributed by atoms with van der Waals surface area (Å²) >= 11 is 0. The van der Waals surface area contributed by atoms with Crippen LogP contribution in [0.15, 0.2) is 91.0 Å². The highest BCUT2D eigenvalue weighted by Crippen LogP contribution is 2.37. The number of hydrogen-bond acceptors (Lipinski definition) is 8. The van der Waals surface area contributed by atoms with Crippen molar-refractivity contribution in [1.82, 2.24) is 4.90 Å². The van der Waals surface area contributed by atoms with Crippen LogP contribution in [-0.2, 0) is 52.8 Å². The molecule has 16 heteroatoms. The minimum atomic E-state index is -4.84. The standard InChI is InChI=1S/C41H38F6N2O8/c1-5-55-37(53)39(38(54)56-6-2,27-10-8-7-9-11-27)20-21-57-34(50)23-25-12-19-33(32(22-25)36(52)49(3)4)48-35(51)30-18-17-29(41(45,46)47)24-31(30)26-13-15-28(16-14-26)40(42,43)44/h7-19,22,24H,5-6,20-21,23H2,1-4H3,(H,48,51). The number of rotatable bonds is 14.